The van der Waals surface area contributed by atoms with E-state index in [4.69, 9.17) is 0 Å². The van der Waals surface area contributed by atoms with Crippen molar-refractivity contribution in [3.05, 3.63) is 54.1 Å². The topological polar surface area (TPSA) is 81.8 Å². The number of anilines is 3. The number of amides is 3. The Labute approximate surface area is 159 Å². The van der Waals surface area contributed by atoms with E-state index in [1.807, 2.05) is 0 Å². The molecule has 27 heavy (non-hydrogen) atoms. The zero-order valence-electron chi connectivity index (χ0n) is 15.9. The van der Waals surface area contributed by atoms with Gasteiger partial charge < -0.3 is 20.4 Å². The number of nitrogens with one attached hydrogen (secondary N) is 2. The molecule has 0 aliphatic heterocycles. The monoisotopic (exact) mass is 368 g/mol. The van der Waals surface area contributed by atoms with Crippen LogP contribution in [0.5, 0.6) is 0 Å². The minimum Gasteiger partial charge on any atom is -0.376 e. The van der Waals surface area contributed by atoms with Gasteiger partial charge in [-0.05, 0) is 42.5 Å². The van der Waals surface area contributed by atoms with E-state index in [2.05, 4.69) is 10.6 Å². The number of nitrogens with zero attached hydrogens (tertiary/aromatic N) is 2. The van der Waals surface area contributed by atoms with Crippen LogP contribution in [-0.4, -0.2) is 50.3 Å². The minimum absolute atomic E-state index is 0.0639. The van der Waals surface area contributed by atoms with Crippen molar-refractivity contribution in [3.63, 3.8) is 0 Å². The summed E-state index contributed by atoms with van der Waals surface area (Å²) in [5.74, 6) is -0.378. The lowest BCUT2D eigenvalue weighted by molar-refractivity contribution is -0.116. The average Bonchev–Trinajstić information content (AvgIpc) is 2.66. The third-order valence-corrected chi connectivity index (χ3v) is 3.98. The number of hydrogen-bond acceptors (Lipinski definition) is 4. The summed E-state index contributed by atoms with van der Waals surface area (Å²) in [7, 11) is 5.07. The Bertz CT molecular complexity index is 831. The number of hydrogen-bond donors (Lipinski definition) is 2. The molecule has 0 spiro atoms. The lowest BCUT2D eigenvalue weighted by Gasteiger charge is -2.15. The highest BCUT2D eigenvalue weighted by atomic mass is 16.2. The van der Waals surface area contributed by atoms with Gasteiger partial charge in [0.15, 0.2) is 0 Å². The van der Waals surface area contributed by atoms with Crippen LogP contribution in [0.3, 0.4) is 0 Å². The van der Waals surface area contributed by atoms with E-state index in [0.717, 1.165) is 5.69 Å². The highest BCUT2D eigenvalue weighted by molar-refractivity contribution is 5.96. The number of carbonyl (C=O) groups is 3. The summed E-state index contributed by atoms with van der Waals surface area (Å²) in [5.41, 5.74) is 2.63. The van der Waals surface area contributed by atoms with Crippen LogP contribution in [0.4, 0.5) is 17.1 Å². The zero-order valence-corrected chi connectivity index (χ0v) is 15.9. The Kier molecular flexibility index (Phi) is 6.54. The van der Waals surface area contributed by atoms with E-state index < -0.39 is 0 Å². The third-order valence-electron chi connectivity index (χ3n) is 3.98. The van der Waals surface area contributed by atoms with Gasteiger partial charge in [0.05, 0.1) is 6.54 Å². The first-order chi connectivity index (χ1) is 12.8. The van der Waals surface area contributed by atoms with E-state index in [9.17, 15) is 14.4 Å². The maximum absolute atomic E-state index is 12.1. The maximum Gasteiger partial charge on any atom is 0.253 e. The fourth-order valence-electron chi connectivity index (χ4n) is 2.36. The summed E-state index contributed by atoms with van der Waals surface area (Å²) >= 11 is 0. The lowest BCUT2D eigenvalue weighted by Crippen LogP contribution is -2.24. The SMILES string of the molecule is CC(=O)N(C)c1ccc(NC(=O)CNc2cccc(C(=O)N(C)C)c2)cc1. The molecular weight excluding hydrogens is 344 g/mol. The van der Waals surface area contributed by atoms with Crippen LogP contribution >= 0.6 is 0 Å². The standard InChI is InChI=1S/C20H24N4O3/c1-14(25)24(4)18-10-8-16(9-11-18)22-19(26)13-21-17-7-5-6-15(12-17)20(27)23(2)3/h5-12,21H,13H2,1-4H3,(H,22,26). The summed E-state index contributed by atoms with van der Waals surface area (Å²) in [6, 6.07) is 14.0. The fraction of sp³-hybridized carbons (Fsp3) is 0.250. The molecule has 0 aliphatic carbocycles. The molecule has 2 aromatic rings. The molecular formula is C20H24N4O3. The number of benzene rings is 2. The first kappa shape index (κ1) is 20.0. The van der Waals surface area contributed by atoms with Gasteiger partial charge in [-0.1, -0.05) is 6.07 Å². The molecule has 0 unspecified atom stereocenters. The van der Waals surface area contributed by atoms with Crippen LogP contribution in [0, 0.1) is 0 Å². The Morgan fingerprint density at radius 1 is 0.926 bits per heavy atom. The van der Waals surface area contributed by atoms with E-state index in [1.165, 1.54) is 16.7 Å². The molecule has 0 aromatic heterocycles. The summed E-state index contributed by atoms with van der Waals surface area (Å²) in [6.45, 7) is 1.55. The van der Waals surface area contributed by atoms with Crippen molar-refractivity contribution < 1.29 is 14.4 Å². The van der Waals surface area contributed by atoms with E-state index in [1.54, 1.807) is 69.7 Å². The lowest BCUT2D eigenvalue weighted by atomic mass is 10.2. The van der Waals surface area contributed by atoms with Gasteiger partial charge in [-0.25, -0.2) is 0 Å². The van der Waals surface area contributed by atoms with Gasteiger partial charge in [-0.2, -0.15) is 0 Å². The molecule has 0 aliphatic rings. The third kappa shape index (κ3) is 5.57. The van der Waals surface area contributed by atoms with Crippen LogP contribution in [-0.2, 0) is 9.59 Å². The van der Waals surface area contributed by atoms with Crippen molar-refractivity contribution in [2.75, 3.05) is 43.2 Å². The average molecular weight is 368 g/mol. The maximum atomic E-state index is 12.1. The molecule has 0 saturated carbocycles. The number of carbonyl (C=O) groups excluding carboxylic acids is 3. The summed E-state index contributed by atoms with van der Waals surface area (Å²) in [5, 5.41) is 5.79. The highest BCUT2D eigenvalue weighted by Gasteiger charge is 2.09. The largest absolute Gasteiger partial charge is 0.376 e. The summed E-state index contributed by atoms with van der Waals surface area (Å²) in [6.07, 6.45) is 0. The molecule has 0 saturated heterocycles. The van der Waals surface area contributed by atoms with E-state index in [0.29, 0.717) is 16.9 Å². The van der Waals surface area contributed by atoms with Crippen molar-refractivity contribution in [3.8, 4) is 0 Å². The van der Waals surface area contributed by atoms with E-state index >= 15 is 0 Å². The second-order valence-corrected chi connectivity index (χ2v) is 6.31. The van der Waals surface area contributed by atoms with Gasteiger partial charge in [0.1, 0.15) is 0 Å². The molecule has 0 radical (unpaired) electrons. The Balaban J connectivity index is 1.92. The Morgan fingerprint density at radius 3 is 2.19 bits per heavy atom. The van der Waals surface area contributed by atoms with Gasteiger partial charge in [-0.15, -0.1) is 0 Å². The van der Waals surface area contributed by atoms with Crippen molar-refractivity contribution in [1.29, 1.82) is 0 Å². The molecule has 2 N–H and O–H groups in total. The first-order valence-electron chi connectivity index (χ1n) is 8.47. The fourth-order valence-corrected chi connectivity index (χ4v) is 2.36. The molecule has 0 heterocycles. The van der Waals surface area contributed by atoms with Crippen molar-refractivity contribution in [2.45, 2.75) is 6.92 Å². The van der Waals surface area contributed by atoms with Crippen LogP contribution in [0.15, 0.2) is 48.5 Å². The van der Waals surface area contributed by atoms with Crippen molar-refractivity contribution >= 4 is 34.8 Å². The van der Waals surface area contributed by atoms with Gasteiger partial charge in [0.25, 0.3) is 5.91 Å². The van der Waals surface area contributed by atoms with Crippen LogP contribution in [0.1, 0.15) is 17.3 Å². The molecule has 0 atom stereocenters. The summed E-state index contributed by atoms with van der Waals surface area (Å²) < 4.78 is 0. The predicted octanol–water partition coefficient (Wildman–Crippen LogP) is 2.42. The highest BCUT2D eigenvalue weighted by Crippen LogP contribution is 2.17. The van der Waals surface area contributed by atoms with Gasteiger partial charge in [0.2, 0.25) is 11.8 Å². The van der Waals surface area contributed by atoms with Crippen molar-refractivity contribution in [2.24, 2.45) is 0 Å². The molecule has 2 aromatic carbocycles. The molecule has 0 fully saturated rings. The molecule has 7 nitrogen and oxygen atoms in total. The summed E-state index contributed by atoms with van der Waals surface area (Å²) in [4.78, 5) is 38.5. The van der Waals surface area contributed by atoms with Crippen LogP contribution < -0.4 is 15.5 Å². The molecule has 7 heteroatoms. The predicted molar refractivity (Wildman–Crippen MR) is 107 cm³/mol. The zero-order chi connectivity index (χ0) is 20.0. The van der Waals surface area contributed by atoms with Crippen LogP contribution in [0.2, 0.25) is 0 Å². The minimum atomic E-state index is -0.216. The Hall–Kier alpha value is -3.35. The normalized spacial score (nSPS) is 10.1. The van der Waals surface area contributed by atoms with Gasteiger partial charge in [-0.3, -0.25) is 14.4 Å². The van der Waals surface area contributed by atoms with Crippen molar-refractivity contribution in [1.82, 2.24) is 4.90 Å². The second-order valence-electron chi connectivity index (χ2n) is 6.31. The molecule has 0 bridgehead atoms. The molecule has 142 valence electrons. The van der Waals surface area contributed by atoms with Gasteiger partial charge >= 0.3 is 0 Å². The quantitative estimate of drug-likeness (QED) is 0.820. The molecule has 2 rings (SSSR count). The molecule has 3 amide bonds. The van der Waals surface area contributed by atoms with E-state index in [-0.39, 0.29) is 24.3 Å². The Morgan fingerprint density at radius 2 is 1.59 bits per heavy atom. The first-order valence-corrected chi connectivity index (χ1v) is 8.47. The second kappa shape index (κ2) is 8.84. The van der Waals surface area contributed by atoms with Crippen LogP contribution in [0.25, 0.3) is 0 Å². The number of rotatable bonds is 6. The smallest absolute Gasteiger partial charge is 0.253 e. The van der Waals surface area contributed by atoms with Gasteiger partial charge in [0, 0.05) is 50.7 Å².